The first-order chi connectivity index (χ1) is 13.0. The number of pyridine rings is 1. The largest absolute Gasteiger partial charge is 0.416 e. The summed E-state index contributed by atoms with van der Waals surface area (Å²) in [5.74, 6) is 1.15. The number of rotatable bonds is 5. The number of benzene rings is 1. The topological polar surface area (TPSA) is 76.3 Å². The van der Waals surface area contributed by atoms with E-state index in [1.54, 1.807) is 13.8 Å². The van der Waals surface area contributed by atoms with E-state index >= 15 is 0 Å². The summed E-state index contributed by atoms with van der Waals surface area (Å²) in [6, 6.07) is 7.29. The molecule has 1 heterocycles. The Labute approximate surface area is 160 Å². The molecular weight excluding hydrogens is 371 g/mol. The number of alkyl halides is 3. The molecular formula is C20H18F3N3O2. The Morgan fingerprint density at radius 3 is 2.46 bits per heavy atom. The van der Waals surface area contributed by atoms with E-state index in [0.29, 0.717) is 0 Å². The second-order valence-electron chi connectivity index (χ2n) is 6.57. The van der Waals surface area contributed by atoms with E-state index in [1.807, 2.05) is 0 Å². The van der Waals surface area contributed by atoms with Gasteiger partial charge in [0, 0.05) is 11.9 Å². The maximum atomic E-state index is 13.0. The summed E-state index contributed by atoms with van der Waals surface area (Å²) in [5.41, 5.74) is 3.65. The van der Waals surface area contributed by atoms with Gasteiger partial charge in [0.15, 0.2) is 0 Å². The lowest BCUT2D eigenvalue weighted by Crippen LogP contribution is -2.48. The van der Waals surface area contributed by atoms with E-state index in [1.165, 1.54) is 35.4 Å². The zero-order chi connectivity index (χ0) is 21.1. The predicted octanol–water partition coefficient (Wildman–Crippen LogP) is 3.19. The SMILES string of the molecule is C#CC(C)(C)N(C(=O)Cc1cccc(C(F)(F)F)c1)c1ccnc(C(N)=O)c1. The summed E-state index contributed by atoms with van der Waals surface area (Å²) in [7, 11) is 0. The molecule has 2 N–H and O–H groups in total. The Kier molecular flexibility index (Phi) is 5.78. The first kappa shape index (κ1) is 21.0. The second-order valence-corrected chi connectivity index (χ2v) is 6.57. The molecule has 5 nitrogen and oxygen atoms in total. The highest BCUT2D eigenvalue weighted by atomic mass is 19.4. The van der Waals surface area contributed by atoms with Crippen LogP contribution in [0.1, 0.15) is 35.5 Å². The second kappa shape index (κ2) is 7.72. The number of primary amides is 1. The van der Waals surface area contributed by atoms with Crippen LogP contribution in [-0.2, 0) is 17.4 Å². The number of nitrogens with two attached hydrogens (primary N) is 1. The summed E-state index contributed by atoms with van der Waals surface area (Å²) in [4.78, 5) is 29.4. The number of hydrogen-bond acceptors (Lipinski definition) is 3. The van der Waals surface area contributed by atoms with Crippen molar-refractivity contribution in [3.63, 3.8) is 0 Å². The van der Waals surface area contributed by atoms with Gasteiger partial charge in [-0.2, -0.15) is 13.2 Å². The zero-order valence-electron chi connectivity index (χ0n) is 15.2. The average molecular weight is 389 g/mol. The minimum atomic E-state index is -4.52. The maximum absolute atomic E-state index is 13.0. The number of terminal acetylenes is 1. The number of anilines is 1. The Bertz CT molecular complexity index is 946. The Morgan fingerprint density at radius 2 is 1.89 bits per heavy atom. The molecule has 146 valence electrons. The van der Waals surface area contributed by atoms with Gasteiger partial charge in [-0.05, 0) is 37.6 Å². The van der Waals surface area contributed by atoms with E-state index < -0.39 is 29.1 Å². The summed E-state index contributed by atoms with van der Waals surface area (Å²) < 4.78 is 38.8. The van der Waals surface area contributed by atoms with Gasteiger partial charge in [0.05, 0.1) is 12.0 Å². The Balaban J connectivity index is 2.43. The van der Waals surface area contributed by atoms with Gasteiger partial charge in [0.1, 0.15) is 11.2 Å². The van der Waals surface area contributed by atoms with Crippen molar-refractivity contribution in [3.05, 3.63) is 59.4 Å². The molecule has 28 heavy (non-hydrogen) atoms. The molecule has 1 aromatic carbocycles. The van der Waals surface area contributed by atoms with E-state index in [0.717, 1.165) is 12.1 Å². The van der Waals surface area contributed by atoms with Crippen molar-refractivity contribution in [3.8, 4) is 12.3 Å². The fourth-order valence-corrected chi connectivity index (χ4v) is 2.65. The lowest BCUT2D eigenvalue weighted by molar-refractivity contribution is -0.137. The van der Waals surface area contributed by atoms with Crippen molar-refractivity contribution < 1.29 is 22.8 Å². The fourth-order valence-electron chi connectivity index (χ4n) is 2.65. The van der Waals surface area contributed by atoms with Gasteiger partial charge in [0.2, 0.25) is 5.91 Å². The highest BCUT2D eigenvalue weighted by Crippen LogP contribution is 2.30. The first-order valence-electron chi connectivity index (χ1n) is 8.18. The fraction of sp³-hybridized carbons (Fsp3) is 0.250. The van der Waals surface area contributed by atoms with Crippen molar-refractivity contribution >= 4 is 17.5 Å². The molecule has 2 aromatic rings. The quantitative estimate of drug-likeness (QED) is 0.798. The molecule has 0 aliphatic carbocycles. The van der Waals surface area contributed by atoms with Crippen LogP contribution in [-0.4, -0.2) is 22.3 Å². The van der Waals surface area contributed by atoms with E-state index in [-0.39, 0.29) is 23.4 Å². The van der Waals surface area contributed by atoms with Crippen LogP contribution < -0.4 is 10.6 Å². The van der Waals surface area contributed by atoms with E-state index in [2.05, 4.69) is 10.9 Å². The zero-order valence-corrected chi connectivity index (χ0v) is 15.2. The van der Waals surface area contributed by atoms with Gasteiger partial charge in [-0.1, -0.05) is 24.1 Å². The van der Waals surface area contributed by atoms with Gasteiger partial charge in [0.25, 0.3) is 5.91 Å². The molecule has 0 unspecified atom stereocenters. The molecule has 0 bridgehead atoms. The minimum absolute atomic E-state index is 0.0674. The van der Waals surface area contributed by atoms with Crippen LogP contribution in [0.5, 0.6) is 0 Å². The molecule has 0 saturated heterocycles. The molecule has 0 aliphatic rings. The minimum Gasteiger partial charge on any atom is -0.364 e. The Hall–Kier alpha value is -3.34. The average Bonchev–Trinajstić information content (AvgIpc) is 2.61. The molecule has 0 aliphatic heterocycles. The van der Waals surface area contributed by atoms with Crippen LogP contribution >= 0.6 is 0 Å². The number of amides is 2. The van der Waals surface area contributed by atoms with Crippen LogP contribution in [0.3, 0.4) is 0 Å². The van der Waals surface area contributed by atoms with Gasteiger partial charge < -0.3 is 5.73 Å². The Morgan fingerprint density at radius 1 is 1.21 bits per heavy atom. The lowest BCUT2D eigenvalue weighted by Gasteiger charge is -2.35. The van der Waals surface area contributed by atoms with Crippen LogP contribution in [0, 0.1) is 12.3 Å². The molecule has 0 saturated carbocycles. The highest BCUT2D eigenvalue weighted by molar-refractivity contribution is 5.98. The monoisotopic (exact) mass is 389 g/mol. The number of nitrogens with zero attached hydrogens (tertiary/aromatic N) is 2. The van der Waals surface area contributed by atoms with Gasteiger partial charge >= 0.3 is 6.18 Å². The lowest BCUT2D eigenvalue weighted by atomic mass is 10.00. The first-order valence-corrected chi connectivity index (χ1v) is 8.18. The number of aromatic nitrogens is 1. The number of carbonyl (C=O) groups is 2. The summed E-state index contributed by atoms with van der Waals surface area (Å²) in [5, 5.41) is 0. The molecule has 0 radical (unpaired) electrons. The molecule has 0 fully saturated rings. The van der Waals surface area contributed by atoms with E-state index in [9.17, 15) is 22.8 Å². The normalized spacial score (nSPS) is 11.6. The summed E-state index contributed by atoms with van der Waals surface area (Å²) in [6.45, 7) is 3.20. The van der Waals surface area contributed by atoms with Crippen LogP contribution in [0.15, 0.2) is 42.6 Å². The molecule has 8 heteroatoms. The number of carbonyl (C=O) groups excluding carboxylic acids is 2. The summed E-state index contributed by atoms with van der Waals surface area (Å²) in [6.07, 6.45) is 2.02. The number of halogens is 3. The summed E-state index contributed by atoms with van der Waals surface area (Å²) >= 11 is 0. The predicted molar refractivity (Wildman–Crippen MR) is 98.3 cm³/mol. The van der Waals surface area contributed by atoms with Crippen molar-refractivity contribution in [2.24, 2.45) is 5.73 Å². The van der Waals surface area contributed by atoms with Gasteiger partial charge in [-0.25, -0.2) is 0 Å². The van der Waals surface area contributed by atoms with Gasteiger partial charge in [-0.3, -0.25) is 19.5 Å². The molecule has 1 aromatic heterocycles. The molecule has 0 spiro atoms. The van der Waals surface area contributed by atoms with Crippen molar-refractivity contribution in [1.29, 1.82) is 0 Å². The molecule has 2 rings (SSSR count). The smallest absolute Gasteiger partial charge is 0.364 e. The molecule has 0 atom stereocenters. The van der Waals surface area contributed by atoms with Crippen molar-refractivity contribution in [2.45, 2.75) is 32.0 Å². The van der Waals surface area contributed by atoms with Crippen molar-refractivity contribution in [1.82, 2.24) is 4.98 Å². The third-order valence-corrected chi connectivity index (χ3v) is 4.03. The van der Waals surface area contributed by atoms with Crippen LogP contribution in [0.4, 0.5) is 18.9 Å². The third-order valence-electron chi connectivity index (χ3n) is 4.03. The van der Waals surface area contributed by atoms with E-state index in [4.69, 9.17) is 12.2 Å². The molecule has 2 amide bonds. The standard InChI is InChI=1S/C20H18F3N3O2/c1-4-19(2,3)26(15-8-9-25-16(12-15)18(24)28)17(27)11-13-6-5-7-14(10-13)20(21,22)23/h1,5-10,12H,11H2,2-3H3,(H2,24,28). The third kappa shape index (κ3) is 4.68. The number of hydrogen-bond donors (Lipinski definition) is 1. The van der Waals surface area contributed by atoms with Crippen LogP contribution in [0.25, 0.3) is 0 Å². The van der Waals surface area contributed by atoms with Crippen molar-refractivity contribution in [2.75, 3.05) is 4.90 Å². The maximum Gasteiger partial charge on any atom is 0.416 e. The highest BCUT2D eigenvalue weighted by Gasteiger charge is 2.33. The van der Waals surface area contributed by atoms with Gasteiger partial charge in [-0.15, -0.1) is 6.42 Å². The van der Waals surface area contributed by atoms with Crippen LogP contribution in [0.2, 0.25) is 0 Å².